The van der Waals surface area contributed by atoms with E-state index in [4.69, 9.17) is 4.42 Å². The Labute approximate surface area is 129 Å². The summed E-state index contributed by atoms with van der Waals surface area (Å²) in [5, 5.41) is 5.12. The lowest BCUT2D eigenvalue weighted by atomic mass is 10.2. The molecule has 0 spiro atoms. The third-order valence-corrected chi connectivity index (χ3v) is 4.09. The SMILES string of the molecule is CN(Cc1cc2ccccc2o1)c1cnn(C)c(=O)c1Br. The Morgan fingerprint density at radius 3 is 2.90 bits per heavy atom. The lowest BCUT2D eigenvalue weighted by Gasteiger charge is -2.18. The number of hydrogen-bond donors (Lipinski definition) is 0. The number of hydrogen-bond acceptors (Lipinski definition) is 4. The molecule has 0 aliphatic carbocycles. The summed E-state index contributed by atoms with van der Waals surface area (Å²) in [6.07, 6.45) is 1.66. The molecule has 2 aromatic heterocycles. The lowest BCUT2D eigenvalue weighted by molar-refractivity contribution is 0.545. The van der Waals surface area contributed by atoms with Gasteiger partial charge in [-0.2, -0.15) is 5.10 Å². The van der Waals surface area contributed by atoms with Crippen molar-refractivity contribution in [2.24, 2.45) is 7.05 Å². The van der Waals surface area contributed by atoms with Gasteiger partial charge >= 0.3 is 0 Å². The first-order chi connectivity index (χ1) is 10.1. The fourth-order valence-corrected chi connectivity index (χ4v) is 2.86. The van der Waals surface area contributed by atoms with Crippen molar-refractivity contribution < 1.29 is 4.42 Å². The number of furan rings is 1. The summed E-state index contributed by atoms with van der Waals surface area (Å²) in [5.41, 5.74) is 1.43. The zero-order valence-corrected chi connectivity index (χ0v) is 13.3. The van der Waals surface area contributed by atoms with E-state index in [1.165, 1.54) is 4.68 Å². The van der Waals surface area contributed by atoms with E-state index in [1.807, 2.05) is 42.3 Å². The molecule has 6 heteroatoms. The maximum absolute atomic E-state index is 11.9. The van der Waals surface area contributed by atoms with Gasteiger partial charge in [0.15, 0.2) is 0 Å². The van der Waals surface area contributed by atoms with Crippen molar-refractivity contribution in [2.45, 2.75) is 6.54 Å². The summed E-state index contributed by atoms with van der Waals surface area (Å²) >= 11 is 3.33. The van der Waals surface area contributed by atoms with E-state index in [2.05, 4.69) is 21.0 Å². The fraction of sp³-hybridized carbons (Fsp3) is 0.200. The predicted molar refractivity (Wildman–Crippen MR) is 85.5 cm³/mol. The van der Waals surface area contributed by atoms with Crippen molar-refractivity contribution in [1.29, 1.82) is 0 Å². The zero-order chi connectivity index (χ0) is 15.0. The first-order valence-corrected chi connectivity index (χ1v) is 7.26. The topological polar surface area (TPSA) is 51.3 Å². The van der Waals surface area contributed by atoms with Gasteiger partial charge in [-0.15, -0.1) is 0 Å². The summed E-state index contributed by atoms with van der Waals surface area (Å²) in [5.74, 6) is 0.839. The Kier molecular flexibility index (Phi) is 3.55. The number of aromatic nitrogens is 2. The number of halogens is 1. The van der Waals surface area contributed by atoms with Crippen LogP contribution in [0.15, 0.2) is 50.2 Å². The van der Waals surface area contributed by atoms with Gasteiger partial charge < -0.3 is 9.32 Å². The van der Waals surface area contributed by atoms with E-state index < -0.39 is 0 Å². The second-order valence-electron chi connectivity index (χ2n) is 4.88. The molecule has 1 aromatic carbocycles. The molecular formula is C15H14BrN3O2. The molecule has 0 bridgehead atoms. The second-order valence-corrected chi connectivity index (χ2v) is 5.67. The van der Waals surface area contributed by atoms with Crippen molar-refractivity contribution in [3.05, 3.63) is 57.1 Å². The second kappa shape index (κ2) is 5.37. The van der Waals surface area contributed by atoms with Crippen LogP contribution in [0.3, 0.4) is 0 Å². The van der Waals surface area contributed by atoms with Gasteiger partial charge in [0.05, 0.1) is 18.4 Å². The number of nitrogens with zero attached hydrogens (tertiary/aromatic N) is 3. The molecule has 2 heterocycles. The first-order valence-electron chi connectivity index (χ1n) is 6.46. The van der Waals surface area contributed by atoms with Crippen LogP contribution >= 0.6 is 15.9 Å². The minimum Gasteiger partial charge on any atom is -0.459 e. The molecule has 0 fully saturated rings. The first kappa shape index (κ1) is 13.9. The molecule has 0 aliphatic heterocycles. The van der Waals surface area contributed by atoms with Gasteiger partial charge in [0, 0.05) is 19.5 Å². The Hall–Kier alpha value is -2.08. The summed E-state index contributed by atoms with van der Waals surface area (Å²) in [6, 6.07) is 9.88. The van der Waals surface area contributed by atoms with Gasteiger partial charge in [0.1, 0.15) is 15.8 Å². The average Bonchev–Trinajstić information content (AvgIpc) is 2.86. The van der Waals surface area contributed by atoms with Crippen LogP contribution in [0.25, 0.3) is 11.0 Å². The van der Waals surface area contributed by atoms with Gasteiger partial charge in [-0.1, -0.05) is 18.2 Å². The Bertz CT molecular complexity index is 820. The van der Waals surface area contributed by atoms with Gasteiger partial charge in [0.25, 0.3) is 5.56 Å². The number of rotatable bonds is 3. The van der Waals surface area contributed by atoms with Crippen LogP contribution in [-0.4, -0.2) is 16.8 Å². The maximum atomic E-state index is 11.9. The largest absolute Gasteiger partial charge is 0.459 e. The smallest absolute Gasteiger partial charge is 0.282 e. The number of para-hydroxylation sites is 1. The third-order valence-electron chi connectivity index (χ3n) is 3.34. The van der Waals surface area contributed by atoms with Crippen molar-refractivity contribution in [1.82, 2.24) is 9.78 Å². The van der Waals surface area contributed by atoms with Crippen LogP contribution in [0, 0.1) is 0 Å². The highest BCUT2D eigenvalue weighted by Crippen LogP contribution is 2.24. The Balaban J connectivity index is 1.91. The quantitative estimate of drug-likeness (QED) is 0.730. The minimum atomic E-state index is -0.163. The summed E-state index contributed by atoms with van der Waals surface area (Å²) in [6.45, 7) is 0.558. The van der Waals surface area contributed by atoms with E-state index in [-0.39, 0.29) is 5.56 Å². The number of fused-ring (bicyclic) bond motifs is 1. The molecule has 0 atom stereocenters. The van der Waals surface area contributed by atoms with E-state index in [0.29, 0.717) is 11.0 Å². The predicted octanol–water partition coefficient (Wildman–Crippen LogP) is 2.93. The van der Waals surface area contributed by atoms with Gasteiger partial charge in [-0.3, -0.25) is 4.79 Å². The molecule has 0 unspecified atom stereocenters. The molecule has 0 aliphatic rings. The Morgan fingerprint density at radius 1 is 1.38 bits per heavy atom. The van der Waals surface area contributed by atoms with Crippen molar-refractivity contribution in [3.63, 3.8) is 0 Å². The zero-order valence-electron chi connectivity index (χ0n) is 11.7. The van der Waals surface area contributed by atoms with E-state index >= 15 is 0 Å². The standard InChI is InChI=1S/C15H14BrN3O2/c1-18(12-8-17-19(2)15(20)14(12)16)9-11-7-10-5-3-4-6-13(10)21-11/h3-8H,9H2,1-2H3. The third kappa shape index (κ3) is 2.58. The van der Waals surface area contributed by atoms with Crippen LogP contribution in [-0.2, 0) is 13.6 Å². The molecule has 0 saturated carbocycles. The van der Waals surface area contributed by atoms with Crippen molar-refractivity contribution in [3.8, 4) is 0 Å². The van der Waals surface area contributed by atoms with E-state index in [1.54, 1.807) is 13.2 Å². The summed E-state index contributed by atoms with van der Waals surface area (Å²) < 4.78 is 7.59. The van der Waals surface area contributed by atoms with Gasteiger partial charge in [-0.05, 0) is 28.1 Å². The summed E-state index contributed by atoms with van der Waals surface area (Å²) in [4.78, 5) is 13.8. The molecule has 0 amide bonds. The Morgan fingerprint density at radius 2 is 2.14 bits per heavy atom. The van der Waals surface area contributed by atoms with Crippen LogP contribution in [0.5, 0.6) is 0 Å². The minimum absolute atomic E-state index is 0.163. The highest BCUT2D eigenvalue weighted by atomic mass is 79.9. The van der Waals surface area contributed by atoms with Crippen LogP contribution in [0.4, 0.5) is 5.69 Å². The molecule has 108 valence electrons. The highest BCUT2D eigenvalue weighted by molar-refractivity contribution is 9.10. The highest BCUT2D eigenvalue weighted by Gasteiger charge is 2.13. The van der Waals surface area contributed by atoms with E-state index in [0.717, 1.165) is 22.4 Å². The van der Waals surface area contributed by atoms with Gasteiger partial charge in [-0.25, -0.2) is 4.68 Å². The molecule has 0 radical (unpaired) electrons. The fourth-order valence-electron chi connectivity index (χ4n) is 2.20. The normalized spacial score (nSPS) is 11.0. The maximum Gasteiger partial charge on any atom is 0.282 e. The molecule has 21 heavy (non-hydrogen) atoms. The molecule has 5 nitrogen and oxygen atoms in total. The van der Waals surface area contributed by atoms with Crippen LogP contribution in [0.1, 0.15) is 5.76 Å². The van der Waals surface area contributed by atoms with Crippen molar-refractivity contribution in [2.75, 3.05) is 11.9 Å². The average molecular weight is 348 g/mol. The summed E-state index contributed by atoms with van der Waals surface area (Å²) in [7, 11) is 3.52. The monoisotopic (exact) mass is 347 g/mol. The lowest BCUT2D eigenvalue weighted by Crippen LogP contribution is -2.25. The number of benzene rings is 1. The molecule has 3 rings (SSSR count). The van der Waals surface area contributed by atoms with Gasteiger partial charge in [0.2, 0.25) is 0 Å². The van der Waals surface area contributed by atoms with Crippen LogP contribution in [0.2, 0.25) is 0 Å². The number of anilines is 1. The molecular weight excluding hydrogens is 334 g/mol. The molecule has 3 aromatic rings. The molecule has 0 saturated heterocycles. The van der Waals surface area contributed by atoms with E-state index in [9.17, 15) is 4.79 Å². The number of aryl methyl sites for hydroxylation is 1. The van der Waals surface area contributed by atoms with Crippen molar-refractivity contribution >= 4 is 32.6 Å². The van der Waals surface area contributed by atoms with Crippen LogP contribution < -0.4 is 10.5 Å². The molecule has 0 N–H and O–H groups in total.